The third-order valence-corrected chi connectivity index (χ3v) is 4.75. The highest BCUT2D eigenvalue weighted by Crippen LogP contribution is 2.33. The molecule has 1 heterocycles. The van der Waals surface area contributed by atoms with Crippen LogP contribution in [0, 0.1) is 17.0 Å². The van der Waals surface area contributed by atoms with Crippen molar-refractivity contribution in [2.75, 3.05) is 7.11 Å². The largest absolute Gasteiger partial charge is 0.465 e. The number of nitro benzene ring substituents is 1. The molecule has 3 rings (SSSR count). The molecule has 0 saturated heterocycles. The lowest BCUT2D eigenvalue weighted by molar-refractivity contribution is -0.384. The van der Waals surface area contributed by atoms with Gasteiger partial charge in [-0.3, -0.25) is 14.9 Å². The minimum absolute atomic E-state index is 0.0957. The second kappa shape index (κ2) is 8.10. The van der Waals surface area contributed by atoms with Crippen LogP contribution in [0.4, 0.5) is 5.69 Å². The first-order valence-corrected chi connectivity index (χ1v) is 8.95. The molecular weight excluding hydrogens is 372 g/mol. The molecule has 0 fully saturated rings. The van der Waals surface area contributed by atoms with E-state index in [0.29, 0.717) is 17.8 Å². The van der Waals surface area contributed by atoms with Crippen LogP contribution >= 0.6 is 0 Å². The molecule has 0 aliphatic carbocycles. The minimum atomic E-state index is -0.626. The highest BCUT2D eigenvalue weighted by atomic mass is 16.6. The first-order valence-electron chi connectivity index (χ1n) is 8.95. The van der Waals surface area contributed by atoms with Crippen molar-refractivity contribution in [3.63, 3.8) is 0 Å². The van der Waals surface area contributed by atoms with Crippen LogP contribution in [0.1, 0.15) is 23.6 Å². The fourth-order valence-electron chi connectivity index (χ4n) is 3.19. The van der Waals surface area contributed by atoms with Crippen LogP contribution in [-0.2, 0) is 20.9 Å². The number of hydrogen-bond donors (Lipinski definition) is 0. The number of methoxy groups -OCH3 is 1. The summed E-state index contributed by atoms with van der Waals surface area (Å²) in [4.78, 5) is 37.5. The molecule has 0 aromatic heterocycles. The Morgan fingerprint density at radius 1 is 1.17 bits per heavy atom. The van der Waals surface area contributed by atoms with E-state index in [9.17, 15) is 19.7 Å². The Balaban J connectivity index is 2.03. The Kier molecular flexibility index (Phi) is 5.59. The molecule has 0 N–H and O–H groups in total. The Morgan fingerprint density at radius 3 is 2.48 bits per heavy atom. The van der Waals surface area contributed by atoms with Crippen molar-refractivity contribution in [3.05, 3.63) is 92.2 Å². The summed E-state index contributed by atoms with van der Waals surface area (Å²) in [5.41, 5.74) is 3.19. The molecule has 2 aromatic rings. The van der Waals surface area contributed by atoms with Crippen molar-refractivity contribution in [1.29, 1.82) is 0 Å². The van der Waals surface area contributed by atoms with Crippen LogP contribution < -0.4 is 0 Å². The fourth-order valence-corrected chi connectivity index (χ4v) is 3.19. The van der Waals surface area contributed by atoms with E-state index in [2.05, 4.69) is 0 Å². The van der Waals surface area contributed by atoms with Gasteiger partial charge in [-0.2, -0.15) is 0 Å². The van der Waals surface area contributed by atoms with Gasteiger partial charge in [-0.1, -0.05) is 42.0 Å². The number of carbonyl (C=O) groups is 2. The number of nitro groups is 1. The fraction of sp³-hybridized carbons (Fsp3) is 0.182. The number of esters is 1. The molecule has 148 valence electrons. The van der Waals surface area contributed by atoms with Gasteiger partial charge in [0, 0.05) is 17.8 Å². The van der Waals surface area contributed by atoms with Crippen molar-refractivity contribution in [3.8, 4) is 0 Å². The number of carbonyl (C=O) groups excluding carboxylic acids is 2. The van der Waals surface area contributed by atoms with E-state index in [1.165, 1.54) is 36.3 Å². The number of hydrogen-bond acceptors (Lipinski definition) is 5. The van der Waals surface area contributed by atoms with Gasteiger partial charge in [-0.05, 0) is 31.1 Å². The zero-order valence-electron chi connectivity index (χ0n) is 16.3. The van der Waals surface area contributed by atoms with Crippen LogP contribution in [0.25, 0.3) is 6.08 Å². The van der Waals surface area contributed by atoms with Crippen molar-refractivity contribution in [1.82, 2.24) is 4.90 Å². The molecule has 0 unspecified atom stereocenters. The van der Waals surface area contributed by atoms with Gasteiger partial charge in [0.25, 0.3) is 11.6 Å². The van der Waals surface area contributed by atoms with Gasteiger partial charge in [0.2, 0.25) is 0 Å². The lowest BCUT2D eigenvalue weighted by atomic mass is 10.0. The Bertz CT molecular complexity index is 1050. The predicted molar refractivity (Wildman–Crippen MR) is 108 cm³/mol. The summed E-state index contributed by atoms with van der Waals surface area (Å²) in [6, 6.07) is 13.7. The average molecular weight is 392 g/mol. The molecule has 1 amide bonds. The summed E-state index contributed by atoms with van der Waals surface area (Å²) < 4.78 is 4.87. The van der Waals surface area contributed by atoms with Crippen molar-refractivity contribution in [2.45, 2.75) is 20.4 Å². The summed E-state index contributed by atoms with van der Waals surface area (Å²) in [5.74, 6) is -0.978. The van der Waals surface area contributed by atoms with E-state index >= 15 is 0 Å². The highest BCUT2D eigenvalue weighted by Gasteiger charge is 2.37. The van der Waals surface area contributed by atoms with Gasteiger partial charge in [-0.25, -0.2) is 4.79 Å². The van der Waals surface area contributed by atoms with Gasteiger partial charge < -0.3 is 9.64 Å². The van der Waals surface area contributed by atoms with Crippen molar-refractivity contribution in [2.24, 2.45) is 0 Å². The molecule has 1 aliphatic rings. The topological polar surface area (TPSA) is 89.8 Å². The molecule has 0 spiro atoms. The normalized spacial score (nSPS) is 15.2. The maximum Gasteiger partial charge on any atom is 0.340 e. The Morgan fingerprint density at radius 2 is 1.86 bits per heavy atom. The summed E-state index contributed by atoms with van der Waals surface area (Å²) >= 11 is 0. The quantitative estimate of drug-likeness (QED) is 0.334. The third kappa shape index (κ3) is 4.08. The van der Waals surface area contributed by atoms with Crippen LogP contribution in [0.3, 0.4) is 0 Å². The summed E-state index contributed by atoms with van der Waals surface area (Å²) in [5, 5.41) is 11.0. The van der Waals surface area contributed by atoms with E-state index < -0.39 is 10.9 Å². The number of benzene rings is 2. The number of amides is 1. The first kappa shape index (κ1) is 20.0. The maximum atomic E-state index is 13.1. The number of rotatable bonds is 5. The average Bonchev–Trinajstić information content (AvgIpc) is 2.93. The smallest absolute Gasteiger partial charge is 0.340 e. The molecule has 0 saturated carbocycles. The molecule has 0 atom stereocenters. The first-order chi connectivity index (χ1) is 13.8. The molecule has 29 heavy (non-hydrogen) atoms. The van der Waals surface area contributed by atoms with Crippen molar-refractivity contribution < 1.29 is 19.2 Å². The Hall–Kier alpha value is -3.74. The third-order valence-electron chi connectivity index (χ3n) is 4.75. The number of allylic oxidation sites excluding steroid dienone is 1. The number of nitrogens with zero attached hydrogens (tertiary/aromatic N) is 2. The standard InChI is InChI=1S/C22H20N2O5/c1-14-7-9-16(10-8-14)13-23-15(2)20(22(26)29-3)19(21(23)25)12-17-5-4-6-18(11-17)24(27)28/h4-12H,13H2,1-3H3/b19-12-. The van der Waals surface area contributed by atoms with Gasteiger partial charge in [0.05, 0.1) is 29.7 Å². The van der Waals surface area contributed by atoms with E-state index in [1.54, 1.807) is 13.0 Å². The van der Waals surface area contributed by atoms with Gasteiger partial charge >= 0.3 is 5.97 Å². The van der Waals surface area contributed by atoms with E-state index in [4.69, 9.17) is 4.74 Å². The number of aryl methyl sites for hydroxylation is 1. The monoisotopic (exact) mass is 392 g/mol. The SMILES string of the molecule is COC(=O)C1=C(C)N(Cc2ccc(C)cc2)C(=O)/C1=C\c1cccc([N+](=O)[O-])c1. The van der Waals surface area contributed by atoms with E-state index in [0.717, 1.165) is 11.1 Å². The van der Waals surface area contributed by atoms with E-state index in [-0.39, 0.29) is 22.7 Å². The van der Waals surface area contributed by atoms with Crippen LogP contribution in [0.15, 0.2) is 65.4 Å². The minimum Gasteiger partial charge on any atom is -0.465 e. The lowest BCUT2D eigenvalue weighted by Gasteiger charge is -2.18. The lowest BCUT2D eigenvalue weighted by Crippen LogP contribution is -2.24. The second-order valence-corrected chi connectivity index (χ2v) is 6.74. The highest BCUT2D eigenvalue weighted by molar-refractivity contribution is 6.16. The molecule has 7 heteroatoms. The van der Waals surface area contributed by atoms with E-state index in [1.807, 2.05) is 31.2 Å². The molecule has 2 aromatic carbocycles. The number of non-ortho nitro benzene ring substituents is 1. The molecule has 7 nitrogen and oxygen atoms in total. The van der Waals surface area contributed by atoms with Crippen molar-refractivity contribution >= 4 is 23.6 Å². The maximum absolute atomic E-state index is 13.1. The molecule has 1 aliphatic heterocycles. The summed E-state index contributed by atoms with van der Waals surface area (Å²) in [7, 11) is 1.25. The van der Waals surface area contributed by atoms with Gasteiger partial charge in [-0.15, -0.1) is 0 Å². The van der Waals surface area contributed by atoms with Crippen LogP contribution in [0.2, 0.25) is 0 Å². The van der Waals surface area contributed by atoms with Gasteiger partial charge in [0.1, 0.15) is 0 Å². The predicted octanol–water partition coefficient (Wildman–Crippen LogP) is 3.78. The zero-order valence-corrected chi connectivity index (χ0v) is 16.3. The van der Waals surface area contributed by atoms with Gasteiger partial charge in [0.15, 0.2) is 0 Å². The molecular formula is C22H20N2O5. The zero-order chi connectivity index (χ0) is 21.1. The van der Waals surface area contributed by atoms with Crippen LogP contribution in [-0.4, -0.2) is 28.8 Å². The Labute approximate surface area is 168 Å². The summed E-state index contributed by atoms with van der Waals surface area (Å²) in [6.45, 7) is 3.97. The number of ether oxygens (including phenoxy) is 1. The summed E-state index contributed by atoms with van der Waals surface area (Å²) in [6.07, 6.45) is 1.49. The second-order valence-electron chi connectivity index (χ2n) is 6.74. The molecule has 0 bridgehead atoms. The van der Waals surface area contributed by atoms with Crippen LogP contribution in [0.5, 0.6) is 0 Å². The molecule has 0 radical (unpaired) electrons.